The summed E-state index contributed by atoms with van der Waals surface area (Å²) in [5.74, 6) is 0.296. The summed E-state index contributed by atoms with van der Waals surface area (Å²) in [7, 11) is 0. The second-order valence-corrected chi connectivity index (χ2v) is 4.41. The van der Waals surface area contributed by atoms with Crippen LogP contribution in [0.1, 0.15) is 19.3 Å². The lowest BCUT2D eigenvalue weighted by molar-refractivity contribution is -0.115. The molecule has 1 aromatic rings. The molecule has 0 aliphatic heterocycles. The van der Waals surface area contributed by atoms with Gasteiger partial charge in [0.05, 0.1) is 4.91 Å². The molecule has 0 unspecified atom stereocenters. The lowest BCUT2D eigenvalue weighted by atomic mass is 10.1. The molecule has 1 aliphatic carbocycles. The van der Waals surface area contributed by atoms with Crippen molar-refractivity contribution in [3.8, 4) is 0 Å². The largest absolute Gasteiger partial charge is 0.294 e. The third-order valence-corrected chi connectivity index (χ3v) is 3.31. The van der Waals surface area contributed by atoms with Crippen LogP contribution in [-0.4, -0.2) is 5.78 Å². The van der Waals surface area contributed by atoms with Gasteiger partial charge in [0.1, 0.15) is 0 Å². The first-order valence-electron chi connectivity index (χ1n) is 4.82. The second-order valence-electron chi connectivity index (χ2n) is 3.30. The summed E-state index contributed by atoms with van der Waals surface area (Å²) in [5.41, 5.74) is 0. The van der Waals surface area contributed by atoms with Gasteiger partial charge < -0.3 is 0 Å². The average molecular weight is 204 g/mol. The fraction of sp³-hybridized carbons (Fsp3) is 0.250. The zero-order valence-corrected chi connectivity index (χ0v) is 8.72. The number of hydrogen-bond donors (Lipinski definition) is 0. The molecule has 0 N–H and O–H groups in total. The Labute approximate surface area is 88.2 Å². The number of thioether (sulfide) groups is 1. The van der Waals surface area contributed by atoms with Crippen LogP contribution in [0.2, 0.25) is 0 Å². The number of ketones is 1. The molecule has 0 fully saturated rings. The van der Waals surface area contributed by atoms with Gasteiger partial charge in [0.2, 0.25) is 0 Å². The van der Waals surface area contributed by atoms with Gasteiger partial charge in [0.25, 0.3) is 0 Å². The molecular weight excluding hydrogens is 192 g/mol. The molecule has 0 heterocycles. The van der Waals surface area contributed by atoms with Crippen LogP contribution in [0.5, 0.6) is 0 Å². The molecular formula is C12H12OS. The smallest absolute Gasteiger partial charge is 0.169 e. The Hall–Kier alpha value is -1.02. The third kappa shape index (κ3) is 2.26. The topological polar surface area (TPSA) is 17.1 Å². The monoisotopic (exact) mass is 204 g/mol. The molecule has 2 rings (SSSR count). The molecule has 0 aromatic heterocycles. The maximum absolute atomic E-state index is 11.5. The highest BCUT2D eigenvalue weighted by atomic mass is 32.2. The highest BCUT2D eigenvalue weighted by molar-refractivity contribution is 8.04. The Morgan fingerprint density at radius 2 is 1.93 bits per heavy atom. The summed E-state index contributed by atoms with van der Waals surface area (Å²) in [5, 5.41) is 0. The van der Waals surface area contributed by atoms with E-state index in [4.69, 9.17) is 0 Å². The van der Waals surface area contributed by atoms with Gasteiger partial charge in [-0.05, 0) is 25.0 Å². The van der Waals surface area contributed by atoms with E-state index in [1.165, 1.54) is 0 Å². The van der Waals surface area contributed by atoms with Crippen molar-refractivity contribution >= 4 is 17.5 Å². The van der Waals surface area contributed by atoms with Crippen molar-refractivity contribution in [2.75, 3.05) is 0 Å². The van der Waals surface area contributed by atoms with Crippen LogP contribution < -0.4 is 0 Å². The number of hydrogen-bond acceptors (Lipinski definition) is 2. The summed E-state index contributed by atoms with van der Waals surface area (Å²) >= 11 is 1.58. The molecule has 0 saturated heterocycles. The SMILES string of the molecule is O=C1CCCC=C1Sc1ccccc1. The van der Waals surface area contributed by atoms with E-state index < -0.39 is 0 Å². The standard InChI is InChI=1S/C12H12OS/c13-11-8-4-5-9-12(11)14-10-6-2-1-3-7-10/h1-3,6-7,9H,4-5,8H2. The van der Waals surface area contributed by atoms with Gasteiger partial charge in [-0.1, -0.05) is 36.0 Å². The molecule has 0 saturated carbocycles. The Morgan fingerprint density at radius 1 is 1.14 bits per heavy atom. The van der Waals surface area contributed by atoms with Crippen LogP contribution in [0.25, 0.3) is 0 Å². The molecule has 72 valence electrons. The normalized spacial score (nSPS) is 16.6. The van der Waals surface area contributed by atoms with Crippen molar-refractivity contribution in [3.05, 3.63) is 41.3 Å². The zero-order valence-electron chi connectivity index (χ0n) is 7.90. The molecule has 0 bridgehead atoms. The lowest BCUT2D eigenvalue weighted by Gasteiger charge is -2.10. The van der Waals surface area contributed by atoms with Gasteiger partial charge in [0, 0.05) is 11.3 Å². The van der Waals surface area contributed by atoms with Gasteiger partial charge in [0.15, 0.2) is 5.78 Å². The van der Waals surface area contributed by atoms with Gasteiger partial charge >= 0.3 is 0 Å². The van der Waals surface area contributed by atoms with E-state index in [1.54, 1.807) is 11.8 Å². The Morgan fingerprint density at radius 3 is 2.64 bits per heavy atom. The first-order chi connectivity index (χ1) is 6.86. The summed E-state index contributed by atoms with van der Waals surface area (Å²) < 4.78 is 0. The lowest BCUT2D eigenvalue weighted by Crippen LogP contribution is -2.03. The van der Waals surface area contributed by atoms with E-state index in [0.717, 1.165) is 22.6 Å². The van der Waals surface area contributed by atoms with Crippen molar-refractivity contribution < 1.29 is 4.79 Å². The van der Waals surface area contributed by atoms with E-state index in [0.29, 0.717) is 12.2 Å². The van der Waals surface area contributed by atoms with E-state index in [9.17, 15) is 4.79 Å². The average Bonchev–Trinajstić information content (AvgIpc) is 2.23. The van der Waals surface area contributed by atoms with Crippen LogP contribution in [0, 0.1) is 0 Å². The predicted molar refractivity (Wildman–Crippen MR) is 59.2 cm³/mol. The highest BCUT2D eigenvalue weighted by Crippen LogP contribution is 2.30. The van der Waals surface area contributed by atoms with Crippen molar-refractivity contribution in [1.29, 1.82) is 0 Å². The summed E-state index contributed by atoms with van der Waals surface area (Å²) in [6.45, 7) is 0. The van der Waals surface area contributed by atoms with Crippen molar-refractivity contribution in [3.63, 3.8) is 0 Å². The zero-order chi connectivity index (χ0) is 9.80. The van der Waals surface area contributed by atoms with E-state index in [1.807, 2.05) is 30.3 Å². The summed E-state index contributed by atoms with van der Waals surface area (Å²) in [4.78, 5) is 13.6. The minimum Gasteiger partial charge on any atom is -0.294 e. The second kappa shape index (κ2) is 4.47. The first-order valence-corrected chi connectivity index (χ1v) is 5.64. The fourth-order valence-electron chi connectivity index (χ4n) is 1.45. The Kier molecular flexibility index (Phi) is 3.04. The maximum atomic E-state index is 11.5. The number of carbonyl (C=O) groups excluding carboxylic acids is 1. The predicted octanol–water partition coefficient (Wildman–Crippen LogP) is 3.42. The molecule has 2 heteroatoms. The number of carbonyl (C=O) groups is 1. The summed E-state index contributed by atoms with van der Waals surface area (Å²) in [6, 6.07) is 10.0. The number of rotatable bonds is 2. The molecule has 1 aliphatic rings. The van der Waals surface area contributed by atoms with Gasteiger partial charge in [-0.2, -0.15) is 0 Å². The molecule has 14 heavy (non-hydrogen) atoms. The molecule has 1 aromatic carbocycles. The highest BCUT2D eigenvalue weighted by Gasteiger charge is 2.14. The Balaban J connectivity index is 2.11. The van der Waals surface area contributed by atoms with Crippen molar-refractivity contribution in [1.82, 2.24) is 0 Å². The molecule has 1 nitrogen and oxygen atoms in total. The third-order valence-electron chi connectivity index (χ3n) is 2.18. The molecule has 0 spiro atoms. The summed E-state index contributed by atoms with van der Waals surface area (Å²) in [6.07, 6.45) is 4.83. The van der Waals surface area contributed by atoms with Gasteiger partial charge in [-0.25, -0.2) is 0 Å². The minimum atomic E-state index is 0.296. The Bertz CT molecular complexity index is 354. The molecule has 0 radical (unpaired) electrons. The van der Waals surface area contributed by atoms with Crippen LogP contribution in [0.3, 0.4) is 0 Å². The number of allylic oxidation sites excluding steroid dienone is 2. The number of Topliss-reactive ketones (excluding diaryl/α,β-unsaturated/α-hetero) is 1. The molecule has 0 amide bonds. The van der Waals surface area contributed by atoms with Crippen molar-refractivity contribution in [2.24, 2.45) is 0 Å². The first kappa shape index (κ1) is 9.53. The van der Waals surface area contributed by atoms with Gasteiger partial charge in [-0.3, -0.25) is 4.79 Å². The van der Waals surface area contributed by atoms with Crippen LogP contribution in [0.15, 0.2) is 46.2 Å². The van der Waals surface area contributed by atoms with Crippen molar-refractivity contribution in [2.45, 2.75) is 24.2 Å². The number of benzene rings is 1. The minimum absolute atomic E-state index is 0.296. The quantitative estimate of drug-likeness (QED) is 0.734. The van der Waals surface area contributed by atoms with E-state index in [2.05, 4.69) is 6.08 Å². The maximum Gasteiger partial charge on any atom is 0.169 e. The molecule has 0 atom stereocenters. The van der Waals surface area contributed by atoms with Crippen LogP contribution in [0.4, 0.5) is 0 Å². The van der Waals surface area contributed by atoms with Crippen LogP contribution >= 0.6 is 11.8 Å². The van der Waals surface area contributed by atoms with Crippen LogP contribution in [-0.2, 0) is 4.79 Å². The van der Waals surface area contributed by atoms with E-state index >= 15 is 0 Å². The van der Waals surface area contributed by atoms with E-state index in [-0.39, 0.29) is 0 Å². The fourth-order valence-corrected chi connectivity index (χ4v) is 2.41. The van der Waals surface area contributed by atoms with Gasteiger partial charge in [-0.15, -0.1) is 0 Å².